The normalized spacial score (nSPS) is 11.0. The Bertz CT molecular complexity index is 1200. The molecule has 0 saturated carbocycles. The fraction of sp³-hybridized carbons (Fsp3) is 0.208. The summed E-state index contributed by atoms with van der Waals surface area (Å²) in [6, 6.07) is 14.0. The summed E-state index contributed by atoms with van der Waals surface area (Å²) >= 11 is 1.57. The summed E-state index contributed by atoms with van der Waals surface area (Å²) in [5, 5.41) is 0.711. The molecule has 2 aromatic heterocycles. The first kappa shape index (κ1) is 19.3. The maximum atomic E-state index is 13.6. The number of carbonyl (C=O) groups excluding carboxylic acids is 1. The largest absolute Gasteiger partial charge is 0.279 e. The molecule has 29 heavy (non-hydrogen) atoms. The van der Waals surface area contributed by atoms with Crippen molar-refractivity contribution in [2.45, 2.75) is 34.2 Å². The van der Waals surface area contributed by atoms with Gasteiger partial charge in [0.1, 0.15) is 0 Å². The van der Waals surface area contributed by atoms with Crippen LogP contribution in [-0.4, -0.2) is 15.9 Å². The van der Waals surface area contributed by atoms with E-state index in [0.717, 1.165) is 26.9 Å². The van der Waals surface area contributed by atoms with E-state index in [2.05, 4.69) is 31.0 Å². The summed E-state index contributed by atoms with van der Waals surface area (Å²) in [6.45, 7) is 8.61. The van der Waals surface area contributed by atoms with E-state index >= 15 is 0 Å². The molecule has 2 heterocycles. The van der Waals surface area contributed by atoms with Gasteiger partial charge in [0.25, 0.3) is 5.91 Å². The lowest BCUT2D eigenvalue weighted by Gasteiger charge is -2.21. The zero-order valence-corrected chi connectivity index (χ0v) is 17.9. The van der Waals surface area contributed by atoms with Crippen LogP contribution in [-0.2, 0) is 6.54 Å². The Morgan fingerprint density at radius 2 is 1.79 bits per heavy atom. The molecule has 4 nitrogen and oxygen atoms in total. The minimum absolute atomic E-state index is 0.0419. The van der Waals surface area contributed by atoms with Gasteiger partial charge in [0.15, 0.2) is 5.13 Å². The molecule has 0 fully saturated rings. The molecule has 0 aliphatic carbocycles. The van der Waals surface area contributed by atoms with Crippen molar-refractivity contribution in [1.82, 2.24) is 9.97 Å². The highest BCUT2D eigenvalue weighted by Gasteiger charge is 2.23. The number of benzene rings is 2. The summed E-state index contributed by atoms with van der Waals surface area (Å²) in [7, 11) is 0. The predicted molar refractivity (Wildman–Crippen MR) is 120 cm³/mol. The smallest absolute Gasteiger partial charge is 0.260 e. The molecule has 0 N–H and O–H groups in total. The van der Waals surface area contributed by atoms with Crippen LogP contribution in [0.15, 0.2) is 54.9 Å². The maximum Gasteiger partial charge on any atom is 0.260 e. The fourth-order valence-electron chi connectivity index (χ4n) is 3.58. The average Bonchev–Trinajstić information content (AvgIpc) is 3.10. The molecule has 0 atom stereocenters. The molecule has 5 heteroatoms. The van der Waals surface area contributed by atoms with Crippen LogP contribution >= 0.6 is 11.3 Å². The number of hydrogen-bond donors (Lipinski definition) is 0. The first-order valence-corrected chi connectivity index (χ1v) is 10.4. The molecule has 0 bridgehead atoms. The van der Waals surface area contributed by atoms with E-state index in [-0.39, 0.29) is 5.91 Å². The Kier molecular flexibility index (Phi) is 5.16. The van der Waals surface area contributed by atoms with E-state index in [4.69, 9.17) is 4.98 Å². The maximum absolute atomic E-state index is 13.6. The van der Waals surface area contributed by atoms with E-state index in [0.29, 0.717) is 17.2 Å². The SMILES string of the molecule is Cc1ccc(C(=O)N(Cc2cccnc2)c2nc3cc(C)cc(C)c3s2)c(C)c1. The number of carbonyl (C=O) groups is 1. The minimum atomic E-state index is -0.0419. The van der Waals surface area contributed by atoms with Crippen LogP contribution in [0.1, 0.15) is 38.2 Å². The van der Waals surface area contributed by atoms with Gasteiger partial charge in [-0.2, -0.15) is 0 Å². The van der Waals surface area contributed by atoms with Crippen LogP contribution in [0.5, 0.6) is 0 Å². The third-order valence-corrected chi connectivity index (χ3v) is 6.19. The molecule has 0 radical (unpaired) electrons. The van der Waals surface area contributed by atoms with Crippen molar-refractivity contribution >= 4 is 32.6 Å². The summed E-state index contributed by atoms with van der Waals surface area (Å²) < 4.78 is 1.12. The van der Waals surface area contributed by atoms with Crippen molar-refractivity contribution < 1.29 is 4.79 Å². The monoisotopic (exact) mass is 401 g/mol. The number of amides is 1. The number of nitrogens with zero attached hydrogens (tertiary/aromatic N) is 3. The van der Waals surface area contributed by atoms with E-state index in [9.17, 15) is 4.79 Å². The summed E-state index contributed by atoms with van der Waals surface area (Å²) in [5.41, 5.74) is 7.08. The average molecular weight is 402 g/mol. The van der Waals surface area contributed by atoms with Crippen LogP contribution in [0.4, 0.5) is 5.13 Å². The van der Waals surface area contributed by atoms with Gasteiger partial charge in [-0.05, 0) is 68.1 Å². The molecule has 0 aliphatic rings. The molecule has 0 unspecified atom stereocenters. The number of pyridine rings is 1. The highest BCUT2D eigenvalue weighted by Crippen LogP contribution is 2.33. The molecule has 0 aliphatic heterocycles. The van der Waals surface area contributed by atoms with Gasteiger partial charge in [-0.15, -0.1) is 0 Å². The molecule has 146 valence electrons. The van der Waals surface area contributed by atoms with Crippen LogP contribution in [0.2, 0.25) is 0 Å². The van der Waals surface area contributed by atoms with Gasteiger partial charge in [-0.25, -0.2) is 4.98 Å². The molecule has 2 aromatic carbocycles. The lowest BCUT2D eigenvalue weighted by molar-refractivity contribution is 0.0984. The summed E-state index contributed by atoms with van der Waals surface area (Å²) in [6.07, 6.45) is 3.54. The lowest BCUT2D eigenvalue weighted by Crippen LogP contribution is -2.31. The second kappa shape index (κ2) is 7.76. The minimum Gasteiger partial charge on any atom is -0.279 e. The Balaban J connectivity index is 1.82. The van der Waals surface area contributed by atoms with Crippen molar-refractivity contribution in [3.63, 3.8) is 0 Å². The quantitative estimate of drug-likeness (QED) is 0.436. The van der Waals surface area contributed by atoms with Gasteiger partial charge in [0, 0.05) is 18.0 Å². The number of rotatable bonds is 4. The number of fused-ring (bicyclic) bond motifs is 1. The second-order valence-corrected chi connectivity index (χ2v) is 8.47. The van der Waals surface area contributed by atoms with Crippen LogP contribution in [0, 0.1) is 27.7 Å². The second-order valence-electron chi connectivity index (χ2n) is 7.50. The standard InChI is InChI=1S/C24H23N3OS/c1-15-7-8-20(17(3)10-15)23(28)27(14-19-6-5-9-25-13-19)24-26-21-12-16(2)11-18(4)22(21)29-24/h5-13H,14H2,1-4H3. The molecule has 4 aromatic rings. The fourth-order valence-corrected chi connectivity index (χ4v) is 4.59. The van der Waals surface area contributed by atoms with Gasteiger partial charge in [0.05, 0.1) is 16.8 Å². The van der Waals surface area contributed by atoms with E-state index in [1.807, 2.05) is 44.2 Å². The third-order valence-electron chi connectivity index (χ3n) is 4.96. The first-order chi connectivity index (χ1) is 13.9. The zero-order valence-electron chi connectivity index (χ0n) is 17.1. The van der Waals surface area contributed by atoms with Crippen LogP contribution in [0.3, 0.4) is 0 Å². The number of thiazole rings is 1. The molecular formula is C24H23N3OS. The van der Waals surface area contributed by atoms with Gasteiger partial charge in [-0.3, -0.25) is 14.7 Å². The van der Waals surface area contributed by atoms with Crippen molar-refractivity contribution in [3.8, 4) is 0 Å². The Morgan fingerprint density at radius 1 is 1.00 bits per heavy atom. The van der Waals surface area contributed by atoms with Crippen molar-refractivity contribution in [2.24, 2.45) is 0 Å². The summed E-state index contributed by atoms with van der Waals surface area (Å²) in [4.78, 5) is 24.4. The molecule has 0 spiro atoms. The van der Waals surface area contributed by atoms with Gasteiger partial charge in [-0.1, -0.05) is 41.2 Å². The van der Waals surface area contributed by atoms with E-state index in [1.165, 1.54) is 11.1 Å². The predicted octanol–water partition coefficient (Wildman–Crippen LogP) is 5.77. The van der Waals surface area contributed by atoms with Crippen molar-refractivity contribution in [2.75, 3.05) is 4.90 Å². The topological polar surface area (TPSA) is 46.1 Å². The Morgan fingerprint density at radius 3 is 2.52 bits per heavy atom. The number of aryl methyl sites for hydroxylation is 4. The number of anilines is 1. The Labute approximate surface area is 174 Å². The van der Waals surface area contributed by atoms with Crippen molar-refractivity contribution in [1.29, 1.82) is 0 Å². The van der Waals surface area contributed by atoms with E-state index < -0.39 is 0 Å². The first-order valence-electron chi connectivity index (χ1n) is 9.58. The number of aromatic nitrogens is 2. The molecule has 4 rings (SSSR count). The highest BCUT2D eigenvalue weighted by atomic mass is 32.1. The third kappa shape index (κ3) is 3.91. The van der Waals surface area contributed by atoms with Gasteiger partial charge in [0.2, 0.25) is 0 Å². The van der Waals surface area contributed by atoms with Crippen LogP contribution < -0.4 is 4.90 Å². The lowest BCUT2D eigenvalue weighted by atomic mass is 10.0. The Hall–Kier alpha value is -3.05. The van der Waals surface area contributed by atoms with Crippen LogP contribution in [0.25, 0.3) is 10.2 Å². The molecular weight excluding hydrogens is 378 g/mol. The van der Waals surface area contributed by atoms with Gasteiger partial charge >= 0.3 is 0 Å². The summed E-state index contributed by atoms with van der Waals surface area (Å²) in [5.74, 6) is -0.0419. The highest BCUT2D eigenvalue weighted by molar-refractivity contribution is 7.22. The number of hydrogen-bond acceptors (Lipinski definition) is 4. The van der Waals surface area contributed by atoms with Gasteiger partial charge < -0.3 is 0 Å². The molecule has 0 saturated heterocycles. The van der Waals surface area contributed by atoms with E-state index in [1.54, 1.807) is 28.6 Å². The van der Waals surface area contributed by atoms with Crippen molar-refractivity contribution in [3.05, 3.63) is 88.2 Å². The molecule has 1 amide bonds. The zero-order chi connectivity index (χ0) is 20.5.